The Kier molecular flexibility index (Phi) is 13.7. The fraction of sp³-hybridized carbons (Fsp3) is 1.00. The summed E-state index contributed by atoms with van der Waals surface area (Å²) in [4.78, 5) is 0. The van der Waals surface area contributed by atoms with Crippen molar-refractivity contribution in [3.05, 3.63) is 0 Å². The lowest BCUT2D eigenvalue weighted by Crippen LogP contribution is -2.38. The average Bonchev–Trinajstić information content (AvgIpc) is 2.49. The highest BCUT2D eigenvalue weighted by molar-refractivity contribution is 4.76. The van der Waals surface area contributed by atoms with Crippen molar-refractivity contribution in [1.82, 2.24) is 0 Å². The molecule has 20 heavy (non-hydrogen) atoms. The highest BCUT2D eigenvalue weighted by Gasteiger charge is 2.28. The van der Waals surface area contributed by atoms with Gasteiger partial charge in [0.15, 0.2) is 0 Å². The molecule has 3 N–H and O–H groups in total. The van der Waals surface area contributed by atoms with Gasteiger partial charge in [-0.1, -0.05) is 58.3 Å². The number of aliphatic hydroxyl groups is 3. The second-order valence-corrected chi connectivity index (χ2v) is 5.86. The zero-order valence-corrected chi connectivity index (χ0v) is 13.1. The molecular weight excluding hydrogens is 256 g/mol. The molecule has 0 amide bonds. The molecule has 0 aromatic heterocycles. The van der Waals surface area contributed by atoms with Gasteiger partial charge in [-0.05, 0) is 6.42 Å². The molecule has 0 heterocycles. The van der Waals surface area contributed by atoms with Crippen molar-refractivity contribution in [2.75, 3.05) is 33.0 Å². The van der Waals surface area contributed by atoms with Gasteiger partial charge < -0.3 is 20.1 Å². The fourth-order valence-corrected chi connectivity index (χ4v) is 2.09. The zero-order valence-electron chi connectivity index (χ0n) is 13.1. The van der Waals surface area contributed by atoms with E-state index in [1.54, 1.807) is 0 Å². The number of aliphatic hydroxyl groups excluding tert-OH is 3. The van der Waals surface area contributed by atoms with E-state index in [-0.39, 0.29) is 26.4 Å². The van der Waals surface area contributed by atoms with Gasteiger partial charge in [-0.15, -0.1) is 0 Å². The predicted octanol–water partition coefficient (Wildman–Crippen LogP) is 2.50. The van der Waals surface area contributed by atoms with E-state index in [1.165, 1.54) is 44.9 Å². The Morgan fingerprint density at radius 3 is 1.60 bits per heavy atom. The highest BCUT2D eigenvalue weighted by Crippen LogP contribution is 2.15. The number of hydrogen-bond acceptors (Lipinski definition) is 4. The molecule has 0 fully saturated rings. The molecule has 0 atom stereocenters. The Balaban J connectivity index is 3.32. The highest BCUT2D eigenvalue weighted by atomic mass is 16.5. The van der Waals surface area contributed by atoms with Crippen LogP contribution in [-0.4, -0.2) is 48.4 Å². The first-order valence-corrected chi connectivity index (χ1v) is 8.15. The maximum absolute atomic E-state index is 9.14. The molecule has 0 aromatic rings. The van der Waals surface area contributed by atoms with Gasteiger partial charge in [0.1, 0.15) is 0 Å². The van der Waals surface area contributed by atoms with Gasteiger partial charge in [-0.3, -0.25) is 0 Å². The molecule has 0 aromatic carbocycles. The first-order chi connectivity index (χ1) is 9.74. The van der Waals surface area contributed by atoms with Crippen LogP contribution in [0, 0.1) is 5.41 Å². The monoisotopic (exact) mass is 290 g/mol. The average molecular weight is 290 g/mol. The summed E-state index contributed by atoms with van der Waals surface area (Å²) < 4.78 is 5.45. The van der Waals surface area contributed by atoms with Crippen molar-refractivity contribution in [2.45, 2.75) is 64.7 Å². The Morgan fingerprint density at radius 1 is 0.700 bits per heavy atom. The van der Waals surface area contributed by atoms with Crippen LogP contribution in [0.25, 0.3) is 0 Å². The normalized spacial score (nSPS) is 12.0. The van der Waals surface area contributed by atoms with E-state index in [0.717, 1.165) is 12.8 Å². The standard InChI is InChI=1S/C16H34O4/c1-2-3-4-5-6-7-8-9-10-11-20-15-16(12-17,13-18)14-19/h17-19H,2-15H2,1H3. The molecule has 0 spiro atoms. The van der Waals surface area contributed by atoms with E-state index in [2.05, 4.69) is 6.92 Å². The van der Waals surface area contributed by atoms with E-state index in [1.807, 2.05) is 0 Å². The first-order valence-electron chi connectivity index (χ1n) is 8.15. The molecule has 0 saturated heterocycles. The smallest absolute Gasteiger partial charge is 0.0629 e. The maximum atomic E-state index is 9.14. The molecule has 0 bridgehead atoms. The summed E-state index contributed by atoms with van der Waals surface area (Å²) in [5, 5.41) is 27.4. The number of rotatable bonds is 15. The van der Waals surface area contributed by atoms with Crippen LogP contribution >= 0.6 is 0 Å². The Bertz CT molecular complexity index is 185. The fourth-order valence-electron chi connectivity index (χ4n) is 2.09. The van der Waals surface area contributed by atoms with Crippen LogP contribution in [0.15, 0.2) is 0 Å². The lowest BCUT2D eigenvalue weighted by Gasteiger charge is -2.26. The Hall–Kier alpha value is -0.160. The quantitative estimate of drug-likeness (QED) is 0.405. The third kappa shape index (κ3) is 9.70. The summed E-state index contributed by atoms with van der Waals surface area (Å²) in [7, 11) is 0. The van der Waals surface area contributed by atoms with Crippen LogP contribution in [-0.2, 0) is 4.74 Å². The minimum absolute atomic E-state index is 0.216. The molecule has 0 aliphatic carbocycles. The van der Waals surface area contributed by atoms with E-state index in [0.29, 0.717) is 6.61 Å². The van der Waals surface area contributed by atoms with Crippen molar-refractivity contribution in [1.29, 1.82) is 0 Å². The van der Waals surface area contributed by atoms with Crippen molar-refractivity contribution in [2.24, 2.45) is 5.41 Å². The SMILES string of the molecule is CCCCCCCCCCCOCC(CO)(CO)CO. The van der Waals surface area contributed by atoms with Gasteiger partial charge >= 0.3 is 0 Å². The molecule has 0 aliphatic rings. The molecular formula is C16H34O4. The third-order valence-corrected chi connectivity index (χ3v) is 3.81. The van der Waals surface area contributed by atoms with Gasteiger partial charge in [-0.25, -0.2) is 0 Å². The van der Waals surface area contributed by atoms with Gasteiger partial charge in [-0.2, -0.15) is 0 Å². The molecule has 0 aliphatic heterocycles. The Morgan fingerprint density at radius 2 is 1.15 bits per heavy atom. The minimum Gasteiger partial charge on any atom is -0.396 e. The van der Waals surface area contributed by atoms with E-state index >= 15 is 0 Å². The van der Waals surface area contributed by atoms with Gasteiger partial charge in [0.25, 0.3) is 0 Å². The number of unbranched alkanes of at least 4 members (excludes halogenated alkanes) is 8. The van der Waals surface area contributed by atoms with Crippen LogP contribution in [0.5, 0.6) is 0 Å². The molecule has 122 valence electrons. The Labute approximate surface area is 124 Å². The molecule has 4 heteroatoms. The molecule has 0 radical (unpaired) electrons. The van der Waals surface area contributed by atoms with Gasteiger partial charge in [0.2, 0.25) is 0 Å². The van der Waals surface area contributed by atoms with E-state index < -0.39 is 5.41 Å². The predicted molar refractivity (Wildman–Crippen MR) is 81.7 cm³/mol. The van der Waals surface area contributed by atoms with Crippen molar-refractivity contribution in [3.8, 4) is 0 Å². The molecule has 0 rings (SSSR count). The van der Waals surface area contributed by atoms with Crippen LogP contribution in [0.2, 0.25) is 0 Å². The van der Waals surface area contributed by atoms with Crippen molar-refractivity contribution >= 4 is 0 Å². The first kappa shape index (κ1) is 19.8. The summed E-state index contributed by atoms with van der Waals surface area (Å²) in [5.41, 5.74) is -0.890. The second-order valence-electron chi connectivity index (χ2n) is 5.86. The topological polar surface area (TPSA) is 69.9 Å². The molecule has 0 saturated carbocycles. The van der Waals surface area contributed by atoms with E-state index in [4.69, 9.17) is 20.1 Å². The summed E-state index contributed by atoms with van der Waals surface area (Å²) in [6.45, 7) is 2.33. The second kappa shape index (κ2) is 13.8. The minimum atomic E-state index is -0.890. The summed E-state index contributed by atoms with van der Waals surface area (Å²) in [6.07, 6.45) is 11.4. The maximum Gasteiger partial charge on any atom is 0.0629 e. The number of ether oxygens (including phenoxy) is 1. The summed E-state index contributed by atoms with van der Waals surface area (Å²) >= 11 is 0. The van der Waals surface area contributed by atoms with Crippen molar-refractivity contribution < 1.29 is 20.1 Å². The summed E-state index contributed by atoms with van der Waals surface area (Å²) in [6, 6.07) is 0. The lowest BCUT2D eigenvalue weighted by molar-refractivity contribution is -0.0582. The molecule has 4 nitrogen and oxygen atoms in total. The van der Waals surface area contributed by atoms with Gasteiger partial charge in [0, 0.05) is 6.61 Å². The molecule has 0 unspecified atom stereocenters. The summed E-state index contributed by atoms with van der Waals surface area (Å²) in [5.74, 6) is 0. The van der Waals surface area contributed by atoms with E-state index in [9.17, 15) is 0 Å². The third-order valence-electron chi connectivity index (χ3n) is 3.81. The largest absolute Gasteiger partial charge is 0.396 e. The van der Waals surface area contributed by atoms with Crippen LogP contribution in [0.3, 0.4) is 0 Å². The number of hydrogen-bond donors (Lipinski definition) is 3. The lowest BCUT2D eigenvalue weighted by atomic mass is 9.93. The van der Waals surface area contributed by atoms with Crippen LogP contribution in [0.1, 0.15) is 64.7 Å². The van der Waals surface area contributed by atoms with Gasteiger partial charge in [0.05, 0.1) is 31.8 Å². The van der Waals surface area contributed by atoms with Crippen LogP contribution < -0.4 is 0 Å². The van der Waals surface area contributed by atoms with Crippen LogP contribution in [0.4, 0.5) is 0 Å². The zero-order chi connectivity index (χ0) is 15.1. The van der Waals surface area contributed by atoms with Crippen molar-refractivity contribution in [3.63, 3.8) is 0 Å².